The van der Waals surface area contributed by atoms with Crippen molar-refractivity contribution < 1.29 is 15.0 Å². The number of benzene rings is 1. The summed E-state index contributed by atoms with van der Waals surface area (Å²) in [5.74, 6) is -0.932. The Kier molecular flexibility index (Phi) is 6.17. The van der Waals surface area contributed by atoms with Crippen molar-refractivity contribution in [1.29, 1.82) is 0 Å². The molecule has 1 aromatic carbocycles. The number of carboxylic acid groups (broad SMARTS) is 1. The predicted molar refractivity (Wildman–Crippen MR) is 82.9 cm³/mol. The first-order valence-electron chi connectivity index (χ1n) is 6.61. The second-order valence-corrected chi connectivity index (χ2v) is 6.78. The molecule has 20 heavy (non-hydrogen) atoms. The highest BCUT2D eigenvalue weighted by molar-refractivity contribution is 9.10. The smallest absolute Gasteiger partial charge is 0.335 e. The summed E-state index contributed by atoms with van der Waals surface area (Å²) >= 11 is 3.40. The summed E-state index contributed by atoms with van der Waals surface area (Å²) in [6, 6.07) is 5.21. The molecule has 1 atom stereocenters. The maximum absolute atomic E-state index is 10.9. The number of aromatic carboxylic acids is 1. The van der Waals surface area contributed by atoms with Crippen LogP contribution in [0.3, 0.4) is 0 Å². The monoisotopic (exact) mass is 343 g/mol. The predicted octanol–water partition coefficient (Wildman–Crippen LogP) is 3.03. The van der Waals surface area contributed by atoms with E-state index in [9.17, 15) is 4.79 Å². The highest BCUT2D eigenvalue weighted by atomic mass is 79.9. The Labute approximate surface area is 128 Å². The first-order valence-corrected chi connectivity index (χ1v) is 7.41. The van der Waals surface area contributed by atoms with Crippen molar-refractivity contribution >= 4 is 21.9 Å². The number of nitrogens with one attached hydrogen (secondary N) is 1. The van der Waals surface area contributed by atoms with Crippen LogP contribution in [0.5, 0.6) is 0 Å². The van der Waals surface area contributed by atoms with E-state index in [-0.39, 0.29) is 23.6 Å². The molecule has 0 aliphatic carbocycles. The van der Waals surface area contributed by atoms with Crippen LogP contribution in [-0.2, 0) is 6.54 Å². The highest BCUT2D eigenvalue weighted by Gasteiger charge is 2.23. The van der Waals surface area contributed by atoms with Gasteiger partial charge in [0.25, 0.3) is 0 Å². The number of halogens is 1. The Morgan fingerprint density at radius 2 is 2.05 bits per heavy atom. The molecule has 3 N–H and O–H groups in total. The Morgan fingerprint density at radius 1 is 1.40 bits per heavy atom. The fourth-order valence-corrected chi connectivity index (χ4v) is 2.55. The maximum Gasteiger partial charge on any atom is 0.335 e. The Hall–Kier alpha value is -0.910. The number of hydrogen-bond acceptors (Lipinski definition) is 3. The van der Waals surface area contributed by atoms with Crippen LogP contribution in [0.15, 0.2) is 22.7 Å². The fourth-order valence-electron chi connectivity index (χ4n) is 2.03. The van der Waals surface area contributed by atoms with Gasteiger partial charge in [-0.15, -0.1) is 0 Å². The lowest BCUT2D eigenvalue weighted by Crippen LogP contribution is -2.40. The molecule has 0 aliphatic rings. The van der Waals surface area contributed by atoms with Crippen LogP contribution < -0.4 is 5.32 Å². The molecule has 112 valence electrons. The Balaban J connectivity index is 2.76. The van der Waals surface area contributed by atoms with Gasteiger partial charge in [-0.1, -0.05) is 42.8 Å². The van der Waals surface area contributed by atoms with Gasteiger partial charge in [0.2, 0.25) is 0 Å². The molecule has 0 aliphatic heterocycles. The van der Waals surface area contributed by atoms with Gasteiger partial charge in [0, 0.05) is 23.7 Å². The molecule has 0 radical (unpaired) electrons. The van der Waals surface area contributed by atoms with Crippen LogP contribution in [0.2, 0.25) is 0 Å². The Bertz CT molecular complexity index is 469. The first kappa shape index (κ1) is 17.1. The third-order valence-corrected chi connectivity index (χ3v) is 4.04. The van der Waals surface area contributed by atoms with E-state index >= 15 is 0 Å². The van der Waals surface area contributed by atoms with Crippen LogP contribution in [0.4, 0.5) is 0 Å². The molecule has 1 unspecified atom stereocenters. The van der Waals surface area contributed by atoms with Crippen molar-refractivity contribution in [2.75, 3.05) is 6.61 Å². The third-order valence-electron chi connectivity index (χ3n) is 3.30. The van der Waals surface area contributed by atoms with Crippen molar-refractivity contribution in [3.05, 3.63) is 33.8 Å². The van der Waals surface area contributed by atoms with Crippen LogP contribution in [0.25, 0.3) is 0 Å². The van der Waals surface area contributed by atoms with Crippen molar-refractivity contribution in [3.63, 3.8) is 0 Å². The minimum atomic E-state index is -0.932. The molecular formula is C15H22BrNO3. The standard InChI is InChI=1S/C15H22BrNO3/c1-15(2,3)13(6-7-18)17-9-11-5-4-10(14(19)20)8-12(11)16/h4-5,8,13,17-18H,6-7,9H2,1-3H3,(H,19,20). The quantitative estimate of drug-likeness (QED) is 0.742. The van der Waals surface area contributed by atoms with E-state index in [0.29, 0.717) is 13.0 Å². The number of carbonyl (C=O) groups is 1. The van der Waals surface area contributed by atoms with E-state index in [1.54, 1.807) is 18.2 Å². The summed E-state index contributed by atoms with van der Waals surface area (Å²) in [5, 5.41) is 21.5. The van der Waals surface area contributed by atoms with Gasteiger partial charge in [0.05, 0.1) is 5.56 Å². The highest BCUT2D eigenvalue weighted by Crippen LogP contribution is 2.24. The van der Waals surface area contributed by atoms with Crippen LogP contribution in [-0.4, -0.2) is 28.8 Å². The molecule has 1 rings (SSSR count). The fraction of sp³-hybridized carbons (Fsp3) is 0.533. The molecule has 0 amide bonds. The topological polar surface area (TPSA) is 69.6 Å². The number of hydrogen-bond donors (Lipinski definition) is 3. The minimum Gasteiger partial charge on any atom is -0.478 e. The number of carboxylic acids is 1. The number of aliphatic hydroxyl groups excluding tert-OH is 1. The average molecular weight is 344 g/mol. The van der Waals surface area contributed by atoms with Gasteiger partial charge >= 0.3 is 5.97 Å². The third kappa shape index (κ3) is 4.89. The normalized spacial score (nSPS) is 13.2. The summed E-state index contributed by atoms with van der Waals surface area (Å²) in [7, 11) is 0. The van der Waals surface area contributed by atoms with E-state index in [1.807, 2.05) is 0 Å². The van der Waals surface area contributed by atoms with Crippen LogP contribution in [0, 0.1) is 5.41 Å². The van der Waals surface area contributed by atoms with E-state index in [0.717, 1.165) is 10.0 Å². The van der Waals surface area contributed by atoms with Crippen molar-refractivity contribution in [2.45, 2.75) is 39.8 Å². The number of aliphatic hydroxyl groups is 1. The minimum absolute atomic E-state index is 0.0518. The molecule has 0 fully saturated rings. The summed E-state index contributed by atoms with van der Waals surface area (Å²) < 4.78 is 0.779. The zero-order valence-electron chi connectivity index (χ0n) is 12.1. The second-order valence-electron chi connectivity index (χ2n) is 5.92. The molecule has 0 saturated carbocycles. The number of rotatable bonds is 6. The molecular weight excluding hydrogens is 322 g/mol. The molecule has 5 heteroatoms. The van der Waals surface area contributed by atoms with E-state index in [4.69, 9.17) is 10.2 Å². The van der Waals surface area contributed by atoms with Gasteiger partial charge in [-0.3, -0.25) is 0 Å². The molecule has 1 aromatic rings. The molecule has 0 spiro atoms. The van der Waals surface area contributed by atoms with Crippen molar-refractivity contribution in [3.8, 4) is 0 Å². The average Bonchev–Trinajstić information content (AvgIpc) is 2.34. The summed E-state index contributed by atoms with van der Waals surface area (Å²) in [4.78, 5) is 10.9. The molecule has 0 heterocycles. The second kappa shape index (κ2) is 7.20. The van der Waals surface area contributed by atoms with Crippen LogP contribution in [0.1, 0.15) is 43.1 Å². The van der Waals surface area contributed by atoms with Gasteiger partial charge in [-0.05, 0) is 29.5 Å². The van der Waals surface area contributed by atoms with Gasteiger partial charge < -0.3 is 15.5 Å². The zero-order chi connectivity index (χ0) is 15.3. The van der Waals surface area contributed by atoms with Gasteiger partial charge in [0.15, 0.2) is 0 Å². The molecule has 0 aromatic heterocycles. The summed E-state index contributed by atoms with van der Waals surface area (Å²) in [6.45, 7) is 7.16. The van der Waals surface area contributed by atoms with Crippen molar-refractivity contribution in [1.82, 2.24) is 5.32 Å². The summed E-state index contributed by atoms with van der Waals surface area (Å²) in [6.07, 6.45) is 0.689. The zero-order valence-corrected chi connectivity index (χ0v) is 13.7. The van der Waals surface area contributed by atoms with E-state index in [2.05, 4.69) is 42.0 Å². The first-order chi connectivity index (χ1) is 9.25. The Morgan fingerprint density at radius 3 is 2.50 bits per heavy atom. The lowest BCUT2D eigenvalue weighted by molar-refractivity contribution is 0.0697. The van der Waals surface area contributed by atoms with Gasteiger partial charge in [-0.2, -0.15) is 0 Å². The molecule has 0 bridgehead atoms. The van der Waals surface area contributed by atoms with E-state index < -0.39 is 5.97 Å². The molecule has 0 saturated heterocycles. The van der Waals surface area contributed by atoms with Crippen molar-refractivity contribution in [2.24, 2.45) is 5.41 Å². The van der Waals surface area contributed by atoms with Gasteiger partial charge in [0.1, 0.15) is 0 Å². The van der Waals surface area contributed by atoms with E-state index in [1.165, 1.54) is 0 Å². The largest absolute Gasteiger partial charge is 0.478 e. The van der Waals surface area contributed by atoms with Crippen LogP contribution >= 0.6 is 15.9 Å². The lowest BCUT2D eigenvalue weighted by atomic mass is 9.85. The van der Waals surface area contributed by atoms with Gasteiger partial charge in [-0.25, -0.2) is 4.79 Å². The summed E-state index contributed by atoms with van der Waals surface area (Å²) in [5.41, 5.74) is 1.32. The maximum atomic E-state index is 10.9. The SMILES string of the molecule is CC(C)(C)C(CCO)NCc1ccc(C(=O)O)cc1Br. The molecule has 4 nitrogen and oxygen atoms in total. The lowest BCUT2D eigenvalue weighted by Gasteiger charge is -2.31.